The first-order valence-electron chi connectivity index (χ1n) is 7.39. The Morgan fingerprint density at radius 2 is 1.87 bits per heavy atom. The standard InChI is InChI=1S/C16H18BrNO3S2/c17-13-3-5-14(6-4-13)23(19,20)18-12-16(7-9-21-10-8-16)15-2-1-11-22-15/h1-6,11,18H,7-10,12H2. The van der Waals surface area contributed by atoms with Crippen molar-refractivity contribution in [1.82, 2.24) is 4.72 Å². The van der Waals surface area contributed by atoms with Crippen molar-refractivity contribution in [1.29, 1.82) is 0 Å². The average molecular weight is 416 g/mol. The minimum Gasteiger partial charge on any atom is -0.381 e. The van der Waals surface area contributed by atoms with E-state index in [9.17, 15) is 8.42 Å². The van der Waals surface area contributed by atoms with Crippen LogP contribution in [0.4, 0.5) is 0 Å². The van der Waals surface area contributed by atoms with Gasteiger partial charge in [-0.1, -0.05) is 22.0 Å². The zero-order chi connectivity index (χ0) is 16.3. The minimum absolute atomic E-state index is 0.172. The van der Waals surface area contributed by atoms with Crippen molar-refractivity contribution in [3.63, 3.8) is 0 Å². The Hall–Kier alpha value is -0.730. The van der Waals surface area contributed by atoms with E-state index in [0.29, 0.717) is 19.8 Å². The van der Waals surface area contributed by atoms with E-state index in [1.54, 1.807) is 35.6 Å². The molecule has 7 heteroatoms. The van der Waals surface area contributed by atoms with Crippen molar-refractivity contribution >= 4 is 37.3 Å². The van der Waals surface area contributed by atoms with Crippen LogP contribution in [-0.2, 0) is 20.2 Å². The van der Waals surface area contributed by atoms with E-state index < -0.39 is 10.0 Å². The quantitative estimate of drug-likeness (QED) is 0.812. The number of nitrogens with one attached hydrogen (secondary N) is 1. The summed E-state index contributed by atoms with van der Waals surface area (Å²) < 4.78 is 34.2. The Morgan fingerprint density at radius 1 is 1.17 bits per heavy atom. The minimum atomic E-state index is -3.51. The average Bonchev–Trinajstić information content (AvgIpc) is 3.10. The molecule has 1 fully saturated rings. The molecule has 1 aromatic heterocycles. The zero-order valence-electron chi connectivity index (χ0n) is 12.5. The topological polar surface area (TPSA) is 55.4 Å². The van der Waals surface area contributed by atoms with Crippen molar-refractivity contribution in [2.45, 2.75) is 23.2 Å². The molecular weight excluding hydrogens is 398 g/mol. The van der Waals surface area contributed by atoms with Crippen LogP contribution >= 0.6 is 27.3 Å². The second-order valence-electron chi connectivity index (χ2n) is 5.65. The summed E-state index contributed by atoms with van der Waals surface area (Å²) in [5, 5.41) is 2.04. The Labute approximate surface area is 149 Å². The molecule has 124 valence electrons. The summed E-state index contributed by atoms with van der Waals surface area (Å²) in [4.78, 5) is 1.51. The lowest BCUT2D eigenvalue weighted by Crippen LogP contribution is -2.44. The van der Waals surface area contributed by atoms with Crippen molar-refractivity contribution in [2.75, 3.05) is 19.8 Å². The van der Waals surface area contributed by atoms with Crippen molar-refractivity contribution in [2.24, 2.45) is 0 Å². The Balaban J connectivity index is 1.80. The van der Waals surface area contributed by atoms with Crippen molar-refractivity contribution < 1.29 is 13.2 Å². The number of thiophene rings is 1. The van der Waals surface area contributed by atoms with Crippen LogP contribution in [0.25, 0.3) is 0 Å². The molecule has 0 saturated carbocycles. The highest BCUT2D eigenvalue weighted by Crippen LogP contribution is 2.37. The van der Waals surface area contributed by atoms with Crippen LogP contribution in [0.3, 0.4) is 0 Å². The number of hydrogen-bond acceptors (Lipinski definition) is 4. The third kappa shape index (κ3) is 3.85. The van der Waals surface area contributed by atoms with E-state index in [-0.39, 0.29) is 10.3 Å². The molecule has 0 amide bonds. The summed E-state index contributed by atoms with van der Waals surface area (Å²) in [5.41, 5.74) is -0.172. The molecule has 1 saturated heterocycles. The molecule has 1 aliphatic rings. The fraction of sp³-hybridized carbons (Fsp3) is 0.375. The van der Waals surface area contributed by atoms with E-state index >= 15 is 0 Å². The summed E-state index contributed by atoms with van der Waals surface area (Å²) in [6.07, 6.45) is 1.66. The van der Waals surface area contributed by atoms with Gasteiger partial charge in [0.2, 0.25) is 10.0 Å². The molecule has 1 aromatic carbocycles. The van der Waals surface area contributed by atoms with Gasteiger partial charge in [-0.2, -0.15) is 0 Å². The molecule has 0 spiro atoms. The number of ether oxygens (including phenoxy) is 1. The largest absolute Gasteiger partial charge is 0.381 e. The van der Waals surface area contributed by atoms with Crippen molar-refractivity contribution in [3.8, 4) is 0 Å². The van der Waals surface area contributed by atoms with Crippen LogP contribution in [-0.4, -0.2) is 28.2 Å². The fourth-order valence-electron chi connectivity index (χ4n) is 2.78. The molecule has 23 heavy (non-hydrogen) atoms. The second-order valence-corrected chi connectivity index (χ2v) is 9.28. The molecule has 3 rings (SSSR count). The van der Waals surface area contributed by atoms with Crippen LogP contribution in [0, 0.1) is 0 Å². The van der Waals surface area contributed by atoms with Gasteiger partial charge in [0.25, 0.3) is 0 Å². The SMILES string of the molecule is O=S(=O)(NCC1(c2cccs2)CCOCC1)c1ccc(Br)cc1. The van der Waals surface area contributed by atoms with Gasteiger partial charge < -0.3 is 4.74 Å². The normalized spacial score (nSPS) is 18.0. The number of sulfonamides is 1. The van der Waals surface area contributed by atoms with E-state index in [2.05, 4.69) is 26.7 Å². The molecule has 0 unspecified atom stereocenters. The van der Waals surface area contributed by atoms with E-state index in [1.165, 1.54) is 4.88 Å². The highest BCUT2D eigenvalue weighted by molar-refractivity contribution is 9.10. The zero-order valence-corrected chi connectivity index (χ0v) is 15.7. The molecule has 1 N–H and O–H groups in total. The van der Waals surface area contributed by atoms with Gasteiger partial charge in [-0.15, -0.1) is 11.3 Å². The number of rotatable bonds is 5. The fourth-order valence-corrected chi connectivity index (χ4v) is 5.16. The molecule has 1 aliphatic heterocycles. The Bertz CT molecular complexity index is 736. The molecule has 4 nitrogen and oxygen atoms in total. The van der Waals surface area contributed by atoms with Crippen molar-refractivity contribution in [3.05, 3.63) is 51.1 Å². The monoisotopic (exact) mass is 415 g/mol. The molecule has 0 aliphatic carbocycles. The molecule has 2 aromatic rings. The maximum absolute atomic E-state index is 12.5. The predicted molar refractivity (Wildman–Crippen MR) is 95.4 cm³/mol. The van der Waals surface area contributed by atoms with Crippen LogP contribution in [0.1, 0.15) is 17.7 Å². The molecule has 0 atom stereocenters. The summed E-state index contributed by atoms with van der Waals surface area (Å²) in [6, 6.07) is 10.8. The highest BCUT2D eigenvalue weighted by Gasteiger charge is 2.36. The molecule has 0 bridgehead atoms. The smallest absolute Gasteiger partial charge is 0.240 e. The van der Waals surface area contributed by atoms with Gasteiger partial charge in [-0.3, -0.25) is 0 Å². The molecule has 0 radical (unpaired) electrons. The number of hydrogen-bond donors (Lipinski definition) is 1. The lowest BCUT2D eigenvalue weighted by atomic mass is 9.79. The lowest BCUT2D eigenvalue weighted by Gasteiger charge is -2.36. The van der Waals surface area contributed by atoms with Gasteiger partial charge >= 0.3 is 0 Å². The summed E-state index contributed by atoms with van der Waals surface area (Å²) in [5.74, 6) is 0. The first kappa shape index (κ1) is 17.1. The number of halogens is 1. The third-order valence-corrected chi connectivity index (χ3v) is 7.28. The van der Waals surface area contributed by atoms with Crippen LogP contribution in [0.2, 0.25) is 0 Å². The van der Waals surface area contributed by atoms with E-state index in [1.807, 2.05) is 11.4 Å². The van der Waals surface area contributed by atoms with Crippen LogP contribution < -0.4 is 4.72 Å². The highest BCUT2D eigenvalue weighted by atomic mass is 79.9. The van der Waals surface area contributed by atoms with E-state index in [0.717, 1.165) is 17.3 Å². The van der Waals surface area contributed by atoms with Gasteiger partial charge in [0.05, 0.1) is 4.90 Å². The predicted octanol–water partition coefficient (Wildman–Crippen LogP) is 3.54. The van der Waals surface area contributed by atoms with Gasteiger partial charge in [0.1, 0.15) is 0 Å². The molecule has 2 heterocycles. The van der Waals surface area contributed by atoms with Gasteiger partial charge in [0.15, 0.2) is 0 Å². The maximum atomic E-state index is 12.5. The van der Waals surface area contributed by atoms with Crippen LogP contribution in [0.15, 0.2) is 51.1 Å². The first-order chi connectivity index (χ1) is 11.0. The van der Waals surface area contributed by atoms with E-state index in [4.69, 9.17) is 4.74 Å². The lowest BCUT2D eigenvalue weighted by molar-refractivity contribution is 0.0529. The summed E-state index contributed by atoms with van der Waals surface area (Å²) in [6.45, 7) is 1.73. The second kappa shape index (κ2) is 7.03. The third-order valence-electron chi connectivity index (χ3n) is 4.22. The van der Waals surface area contributed by atoms with Gasteiger partial charge in [0, 0.05) is 34.5 Å². The Kier molecular flexibility index (Phi) is 5.22. The summed E-state index contributed by atoms with van der Waals surface area (Å²) >= 11 is 5.00. The maximum Gasteiger partial charge on any atom is 0.240 e. The molecular formula is C16H18BrNO3S2. The van der Waals surface area contributed by atoms with Gasteiger partial charge in [-0.25, -0.2) is 13.1 Å². The summed E-state index contributed by atoms with van der Waals surface area (Å²) in [7, 11) is -3.51. The number of benzene rings is 1. The van der Waals surface area contributed by atoms with Crippen LogP contribution in [0.5, 0.6) is 0 Å². The first-order valence-corrected chi connectivity index (χ1v) is 10.5. The Morgan fingerprint density at radius 3 is 2.48 bits per heavy atom. The van der Waals surface area contributed by atoms with Gasteiger partial charge in [-0.05, 0) is 48.6 Å².